The molecule has 35 heavy (non-hydrogen) atoms. The van der Waals surface area contributed by atoms with Gasteiger partial charge in [0, 0.05) is 30.3 Å². The molecule has 4 fully saturated rings. The number of aromatic nitrogens is 4. The number of carbonyl (C=O) groups excluding carboxylic acids is 2. The molecular formula is C21H24F4N6O4. The van der Waals surface area contributed by atoms with Crippen LogP contribution in [0.2, 0.25) is 0 Å². The number of anilines is 1. The molecule has 3 N–H and O–H groups in total. The Morgan fingerprint density at radius 2 is 2.00 bits per heavy atom. The van der Waals surface area contributed by atoms with Crippen molar-refractivity contribution in [3.8, 4) is 0 Å². The van der Waals surface area contributed by atoms with Crippen LogP contribution in [-0.4, -0.2) is 56.2 Å². The van der Waals surface area contributed by atoms with Crippen LogP contribution in [0.3, 0.4) is 0 Å². The molecule has 0 unspecified atom stereocenters. The first-order valence-electron chi connectivity index (χ1n) is 11.2. The van der Waals surface area contributed by atoms with E-state index in [2.05, 4.69) is 30.7 Å². The van der Waals surface area contributed by atoms with E-state index in [1.165, 1.54) is 13.1 Å². The van der Waals surface area contributed by atoms with Gasteiger partial charge in [0.1, 0.15) is 24.6 Å². The van der Waals surface area contributed by atoms with Crippen molar-refractivity contribution in [2.45, 2.75) is 68.8 Å². The number of ether oxygens (including phenoxy) is 2. The third-order valence-electron chi connectivity index (χ3n) is 6.92. The van der Waals surface area contributed by atoms with Gasteiger partial charge >= 0.3 is 12.5 Å². The summed E-state index contributed by atoms with van der Waals surface area (Å²) in [4.78, 5) is 24.7. The summed E-state index contributed by atoms with van der Waals surface area (Å²) in [5.74, 6) is -0.0878. The van der Waals surface area contributed by atoms with E-state index in [0.29, 0.717) is 11.6 Å². The predicted octanol–water partition coefficient (Wildman–Crippen LogP) is 3.29. The summed E-state index contributed by atoms with van der Waals surface area (Å²) < 4.78 is 61.4. The fraction of sp³-hybridized carbons (Fsp3) is 0.619. The van der Waals surface area contributed by atoms with Crippen LogP contribution in [0.4, 0.5) is 28.2 Å². The summed E-state index contributed by atoms with van der Waals surface area (Å²) in [7, 11) is 1.41. The summed E-state index contributed by atoms with van der Waals surface area (Å²) in [5, 5.41) is 16.0. The van der Waals surface area contributed by atoms with Gasteiger partial charge in [-0.05, 0) is 44.1 Å². The smallest absolute Gasteiger partial charge is 0.443 e. The fourth-order valence-corrected chi connectivity index (χ4v) is 5.09. The zero-order valence-electron chi connectivity index (χ0n) is 18.7. The van der Waals surface area contributed by atoms with Gasteiger partial charge in [-0.3, -0.25) is 19.3 Å². The number of nitrogens with one attached hydrogen (secondary N) is 3. The van der Waals surface area contributed by atoms with Crippen molar-refractivity contribution in [3.63, 3.8) is 0 Å². The molecule has 4 aliphatic rings. The Hall–Kier alpha value is -3.16. The van der Waals surface area contributed by atoms with Gasteiger partial charge in [-0.2, -0.15) is 10.2 Å². The highest BCUT2D eigenvalue weighted by Gasteiger charge is 2.58. The third-order valence-corrected chi connectivity index (χ3v) is 6.92. The minimum absolute atomic E-state index is 0.00297. The van der Waals surface area contributed by atoms with Crippen LogP contribution in [0.25, 0.3) is 0 Å². The lowest BCUT2D eigenvalue weighted by Crippen LogP contribution is -2.68. The lowest BCUT2D eigenvalue weighted by atomic mass is 9.50. The lowest BCUT2D eigenvalue weighted by molar-refractivity contribution is -0.330. The van der Waals surface area contributed by atoms with Crippen LogP contribution in [-0.2, 0) is 23.1 Å². The van der Waals surface area contributed by atoms with Gasteiger partial charge in [0.05, 0.1) is 5.69 Å². The van der Waals surface area contributed by atoms with Crippen molar-refractivity contribution in [2.75, 3.05) is 5.32 Å². The minimum Gasteiger partial charge on any atom is -0.443 e. The Kier molecular flexibility index (Phi) is 5.73. The quantitative estimate of drug-likeness (QED) is 0.502. The van der Waals surface area contributed by atoms with Crippen molar-refractivity contribution < 1.29 is 36.6 Å². The Morgan fingerprint density at radius 3 is 2.66 bits per heavy atom. The highest BCUT2D eigenvalue weighted by Crippen LogP contribution is 2.57. The number of aromatic amines is 1. The monoisotopic (exact) mass is 500 g/mol. The van der Waals surface area contributed by atoms with Crippen molar-refractivity contribution in [1.82, 2.24) is 25.3 Å². The van der Waals surface area contributed by atoms with Gasteiger partial charge in [-0.1, -0.05) is 0 Å². The topological polar surface area (TPSA) is 123 Å². The maximum absolute atomic E-state index is 14.5. The number of H-pyrrole nitrogens is 1. The zero-order chi connectivity index (χ0) is 25.0. The van der Waals surface area contributed by atoms with Gasteiger partial charge in [0.2, 0.25) is 0 Å². The number of amides is 2. The number of nitrogens with zero attached hydrogens (tertiary/aromatic N) is 3. The van der Waals surface area contributed by atoms with Crippen LogP contribution in [0.5, 0.6) is 0 Å². The molecule has 4 saturated carbocycles. The Morgan fingerprint density at radius 1 is 1.26 bits per heavy atom. The van der Waals surface area contributed by atoms with Gasteiger partial charge in [-0.15, -0.1) is 13.2 Å². The predicted molar refractivity (Wildman–Crippen MR) is 111 cm³/mol. The number of alkyl halides is 4. The maximum atomic E-state index is 14.5. The number of rotatable bonds is 7. The molecule has 0 saturated heterocycles. The van der Waals surface area contributed by atoms with Crippen molar-refractivity contribution in [3.05, 3.63) is 29.2 Å². The van der Waals surface area contributed by atoms with Crippen molar-refractivity contribution >= 4 is 17.8 Å². The fourth-order valence-electron chi connectivity index (χ4n) is 5.09. The SMILES string of the molecule is Cn1nc(COC(F)(F)F)cc1C(=O)Nc1cc([C@@H]2C[C@@H](F)[C@H](OC(=O)NC34CC(C3)C4)C2)[nH]n1. The Labute approximate surface area is 196 Å². The third kappa shape index (κ3) is 4.97. The molecule has 0 aliphatic heterocycles. The molecule has 2 heterocycles. The second-order valence-corrected chi connectivity index (χ2v) is 9.55. The first kappa shape index (κ1) is 23.6. The highest BCUT2D eigenvalue weighted by atomic mass is 19.4. The van der Waals surface area contributed by atoms with E-state index >= 15 is 0 Å². The minimum atomic E-state index is -4.81. The number of hydrogen-bond acceptors (Lipinski definition) is 6. The van der Waals surface area contributed by atoms with E-state index in [0.717, 1.165) is 23.9 Å². The molecule has 3 atom stereocenters. The molecule has 14 heteroatoms. The van der Waals surface area contributed by atoms with E-state index in [-0.39, 0.29) is 41.5 Å². The summed E-state index contributed by atoms with van der Waals surface area (Å²) in [6.07, 6.45) is -4.34. The average molecular weight is 500 g/mol. The van der Waals surface area contributed by atoms with E-state index in [4.69, 9.17) is 4.74 Å². The summed E-state index contributed by atoms with van der Waals surface area (Å²) in [6, 6.07) is 2.73. The second-order valence-electron chi connectivity index (χ2n) is 9.55. The first-order chi connectivity index (χ1) is 16.5. The molecule has 6 rings (SSSR count). The van der Waals surface area contributed by atoms with Crippen molar-refractivity contribution in [2.24, 2.45) is 13.0 Å². The van der Waals surface area contributed by atoms with Crippen LogP contribution in [0.15, 0.2) is 12.1 Å². The standard InChI is InChI=1S/C21H24F4N6O4/c1-31-15(4-12(30-31)9-34-21(23,24)25)18(32)26-17-5-14(28-29-17)11-2-13(22)16(3-11)35-19(33)27-20-6-10(7-20)8-20/h4-5,10-11,13,16H,2-3,6-9H2,1H3,(H,27,33)(H2,26,28,29,32)/t10?,11-,13-,16-,20?/m1/s1. The number of carbonyl (C=O) groups is 2. The zero-order valence-corrected chi connectivity index (χ0v) is 18.7. The molecule has 2 aromatic rings. The number of halogens is 4. The van der Waals surface area contributed by atoms with Crippen molar-refractivity contribution in [1.29, 1.82) is 0 Å². The van der Waals surface area contributed by atoms with Crippen LogP contribution in [0, 0.1) is 5.92 Å². The molecular weight excluding hydrogens is 476 g/mol. The molecule has 2 amide bonds. The van der Waals surface area contributed by atoms with E-state index in [9.17, 15) is 27.2 Å². The van der Waals surface area contributed by atoms with Gasteiger partial charge < -0.3 is 15.4 Å². The van der Waals surface area contributed by atoms with Crippen LogP contribution in [0.1, 0.15) is 59.9 Å². The van der Waals surface area contributed by atoms with Gasteiger partial charge in [0.15, 0.2) is 5.82 Å². The summed E-state index contributed by atoms with van der Waals surface area (Å²) in [5.41, 5.74) is 0.352. The van der Waals surface area contributed by atoms with Gasteiger partial charge in [-0.25, -0.2) is 9.18 Å². The highest BCUT2D eigenvalue weighted by molar-refractivity contribution is 6.02. The number of alkyl carbamates (subject to hydrolysis) is 1. The molecule has 0 spiro atoms. The molecule has 2 bridgehead atoms. The summed E-state index contributed by atoms with van der Waals surface area (Å²) >= 11 is 0. The average Bonchev–Trinajstić information content (AvgIpc) is 3.41. The first-order valence-corrected chi connectivity index (χ1v) is 11.2. The Balaban J connectivity index is 1.14. The lowest BCUT2D eigenvalue weighted by Gasteiger charge is -2.61. The van der Waals surface area contributed by atoms with Crippen LogP contribution >= 0.6 is 0 Å². The largest absolute Gasteiger partial charge is 0.522 e. The normalized spacial score (nSPS) is 29.3. The number of aryl methyl sites for hydroxylation is 1. The molecule has 0 radical (unpaired) electrons. The molecule has 0 aromatic carbocycles. The van der Waals surface area contributed by atoms with E-state index in [1.807, 2.05) is 0 Å². The Bertz CT molecular complexity index is 1110. The number of hydrogen-bond donors (Lipinski definition) is 3. The molecule has 2 aromatic heterocycles. The molecule has 190 valence electrons. The van der Waals surface area contributed by atoms with Gasteiger partial charge in [0.25, 0.3) is 5.91 Å². The van der Waals surface area contributed by atoms with Crippen LogP contribution < -0.4 is 10.6 Å². The van der Waals surface area contributed by atoms with E-state index in [1.54, 1.807) is 6.07 Å². The summed E-state index contributed by atoms with van der Waals surface area (Å²) in [6.45, 7) is -0.827. The molecule has 4 aliphatic carbocycles. The molecule has 10 nitrogen and oxygen atoms in total. The maximum Gasteiger partial charge on any atom is 0.522 e. The second kappa shape index (κ2) is 8.50. The van der Waals surface area contributed by atoms with E-state index < -0.39 is 37.2 Å².